The quantitative estimate of drug-likeness (QED) is 0.899. The zero-order valence-electron chi connectivity index (χ0n) is 13.9. The number of nitrogens with one attached hydrogen (secondary N) is 2. The maximum absolute atomic E-state index is 12.3. The Morgan fingerprint density at radius 1 is 1.25 bits per heavy atom. The van der Waals surface area contributed by atoms with Gasteiger partial charge in [0.05, 0.1) is 5.69 Å². The van der Waals surface area contributed by atoms with Crippen LogP contribution in [0.3, 0.4) is 0 Å². The van der Waals surface area contributed by atoms with Gasteiger partial charge < -0.3 is 10.6 Å². The predicted molar refractivity (Wildman–Crippen MR) is 92.9 cm³/mol. The summed E-state index contributed by atoms with van der Waals surface area (Å²) in [6.07, 6.45) is 6.16. The van der Waals surface area contributed by atoms with Gasteiger partial charge >= 0.3 is 0 Å². The lowest BCUT2D eigenvalue weighted by atomic mass is 9.97. The van der Waals surface area contributed by atoms with Gasteiger partial charge in [0.15, 0.2) is 0 Å². The summed E-state index contributed by atoms with van der Waals surface area (Å²) in [6, 6.07) is 10.7. The van der Waals surface area contributed by atoms with Gasteiger partial charge in [0, 0.05) is 24.7 Å². The Morgan fingerprint density at radius 2 is 2.04 bits per heavy atom. The first-order chi connectivity index (χ1) is 11.8. The summed E-state index contributed by atoms with van der Waals surface area (Å²) in [4.78, 5) is 12.3. The van der Waals surface area contributed by atoms with E-state index in [1.165, 1.54) is 24.0 Å². The van der Waals surface area contributed by atoms with E-state index in [0.29, 0.717) is 12.5 Å². The standard InChI is InChI=1S/C19H24N4O/c24-19(21-17-10-14-4-1-2-5-15(14)11-17)13-23-9-7-18(22-23)16-6-3-8-20-12-16/h1-2,4-5,7,9,16-17,20H,3,6,8,10-13H2,(H,21,24). The van der Waals surface area contributed by atoms with Gasteiger partial charge in [-0.15, -0.1) is 0 Å². The highest BCUT2D eigenvalue weighted by Gasteiger charge is 2.23. The number of aromatic nitrogens is 2. The van der Waals surface area contributed by atoms with Crippen molar-refractivity contribution in [2.24, 2.45) is 0 Å². The molecule has 2 aromatic rings. The Balaban J connectivity index is 1.31. The molecule has 1 saturated heterocycles. The third-order valence-corrected chi connectivity index (χ3v) is 5.10. The Kier molecular flexibility index (Phi) is 4.34. The molecule has 0 saturated carbocycles. The molecule has 0 radical (unpaired) electrons. The van der Waals surface area contributed by atoms with E-state index in [1.54, 1.807) is 4.68 Å². The Labute approximate surface area is 142 Å². The van der Waals surface area contributed by atoms with Crippen LogP contribution in [0.1, 0.15) is 35.6 Å². The molecule has 5 nitrogen and oxygen atoms in total. The molecule has 1 unspecified atom stereocenters. The number of amides is 1. The highest BCUT2D eigenvalue weighted by molar-refractivity contribution is 5.76. The lowest BCUT2D eigenvalue weighted by Gasteiger charge is -2.20. The molecule has 1 aliphatic heterocycles. The van der Waals surface area contributed by atoms with E-state index in [-0.39, 0.29) is 11.9 Å². The van der Waals surface area contributed by atoms with Crippen LogP contribution in [0.15, 0.2) is 36.5 Å². The van der Waals surface area contributed by atoms with Crippen LogP contribution in [0.5, 0.6) is 0 Å². The average Bonchev–Trinajstić information content (AvgIpc) is 3.21. The topological polar surface area (TPSA) is 59.0 Å². The van der Waals surface area contributed by atoms with E-state index in [1.807, 2.05) is 6.20 Å². The van der Waals surface area contributed by atoms with Crippen molar-refractivity contribution in [2.75, 3.05) is 13.1 Å². The number of benzene rings is 1. The molecule has 2 heterocycles. The van der Waals surface area contributed by atoms with Gasteiger partial charge in [-0.05, 0) is 49.4 Å². The summed E-state index contributed by atoms with van der Waals surface area (Å²) in [7, 11) is 0. The molecule has 1 fully saturated rings. The Hall–Kier alpha value is -2.14. The van der Waals surface area contributed by atoms with Gasteiger partial charge in [-0.3, -0.25) is 9.48 Å². The number of fused-ring (bicyclic) bond motifs is 1. The molecule has 2 aliphatic rings. The fraction of sp³-hybridized carbons (Fsp3) is 0.474. The van der Waals surface area contributed by atoms with Crippen molar-refractivity contribution in [3.63, 3.8) is 0 Å². The average molecular weight is 324 g/mol. The maximum Gasteiger partial charge on any atom is 0.241 e. The molecular formula is C19H24N4O. The number of hydrogen-bond donors (Lipinski definition) is 2. The lowest BCUT2D eigenvalue weighted by molar-refractivity contribution is -0.122. The molecule has 2 N–H and O–H groups in total. The molecule has 1 atom stereocenters. The SMILES string of the molecule is O=C(Cn1ccc(C2CCCNC2)n1)NC1Cc2ccccc2C1. The molecule has 0 bridgehead atoms. The van der Waals surface area contributed by atoms with E-state index in [0.717, 1.165) is 31.6 Å². The van der Waals surface area contributed by atoms with Gasteiger partial charge in [0.25, 0.3) is 0 Å². The first-order valence-electron chi connectivity index (χ1n) is 8.88. The van der Waals surface area contributed by atoms with Crippen LogP contribution in [0.2, 0.25) is 0 Å². The van der Waals surface area contributed by atoms with Gasteiger partial charge in [-0.1, -0.05) is 24.3 Å². The van der Waals surface area contributed by atoms with Crippen LogP contribution >= 0.6 is 0 Å². The summed E-state index contributed by atoms with van der Waals surface area (Å²) in [5, 5.41) is 11.2. The van der Waals surface area contributed by atoms with Crippen LogP contribution in [0.4, 0.5) is 0 Å². The molecular weight excluding hydrogens is 300 g/mol. The summed E-state index contributed by atoms with van der Waals surface area (Å²) >= 11 is 0. The summed E-state index contributed by atoms with van der Waals surface area (Å²) < 4.78 is 1.77. The van der Waals surface area contributed by atoms with Crippen LogP contribution < -0.4 is 10.6 Å². The molecule has 24 heavy (non-hydrogen) atoms. The van der Waals surface area contributed by atoms with Gasteiger partial charge in [-0.2, -0.15) is 5.10 Å². The smallest absolute Gasteiger partial charge is 0.241 e. The lowest BCUT2D eigenvalue weighted by Crippen LogP contribution is -2.37. The fourth-order valence-corrected chi connectivity index (χ4v) is 3.87. The van der Waals surface area contributed by atoms with Crippen molar-refractivity contribution in [1.29, 1.82) is 0 Å². The van der Waals surface area contributed by atoms with Gasteiger partial charge in [0.2, 0.25) is 5.91 Å². The Morgan fingerprint density at radius 3 is 2.75 bits per heavy atom. The number of nitrogens with zero attached hydrogens (tertiary/aromatic N) is 2. The zero-order valence-corrected chi connectivity index (χ0v) is 13.9. The number of rotatable bonds is 4. The van der Waals surface area contributed by atoms with Crippen LogP contribution in [-0.4, -0.2) is 34.8 Å². The molecule has 4 rings (SSSR count). The monoisotopic (exact) mass is 324 g/mol. The third kappa shape index (κ3) is 3.36. The first kappa shape index (κ1) is 15.4. The van der Waals surface area contributed by atoms with E-state index in [2.05, 4.69) is 46.1 Å². The summed E-state index contributed by atoms with van der Waals surface area (Å²) in [5.41, 5.74) is 3.81. The largest absolute Gasteiger partial charge is 0.351 e. The minimum absolute atomic E-state index is 0.0456. The van der Waals surface area contributed by atoms with Crippen molar-refractivity contribution >= 4 is 5.91 Å². The minimum atomic E-state index is 0.0456. The van der Waals surface area contributed by atoms with Crippen LogP contribution in [-0.2, 0) is 24.2 Å². The molecule has 1 aliphatic carbocycles. The molecule has 5 heteroatoms. The Bertz CT molecular complexity index is 693. The van der Waals surface area contributed by atoms with Crippen molar-refractivity contribution < 1.29 is 4.79 Å². The third-order valence-electron chi connectivity index (χ3n) is 5.10. The second-order valence-electron chi connectivity index (χ2n) is 6.92. The fourth-order valence-electron chi connectivity index (χ4n) is 3.87. The second kappa shape index (κ2) is 6.77. The second-order valence-corrected chi connectivity index (χ2v) is 6.92. The normalized spacial score (nSPS) is 20.8. The number of carbonyl (C=O) groups excluding carboxylic acids is 1. The first-order valence-corrected chi connectivity index (χ1v) is 8.88. The highest BCUT2D eigenvalue weighted by atomic mass is 16.2. The highest BCUT2D eigenvalue weighted by Crippen LogP contribution is 2.22. The summed E-state index contributed by atoms with van der Waals surface area (Å²) in [6.45, 7) is 2.39. The zero-order chi connectivity index (χ0) is 16.4. The number of hydrogen-bond acceptors (Lipinski definition) is 3. The van der Waals surface area contributed by atoms with Crippen LogP contribution in [0, 0.1) is 0 Å². The minimum Gasteiger partial charge on any atom is -0.351 e. The predicted octanol–water partition coefficient (Wildman–Crippen LogP) is 1.63. The van der Waals surface area contributed by atoms with E-state index in [9.17, 15) is 4.79 Å². The van der Waals surface area contributed by atoms with Gasteiger partial charge in [-0.25, -0.2) is 0 Å². The van der Waals surface area contributed by atoms with Crippen molar-refractivity contribution in [1.82, 2.24) is 20.4 Å². The number of carbonyl (C=O) groups is 1. The van der Waals surface area contributed by atoms with Crippen molar-refractivity contribution in [3.8, 4) is 0 Å². The van der Waals surface area contributed by atoms with E-state index in [4.69, 9.17) is 0 Å². The molecule has 1 aromatic carbocycles. The van der Waals surface area contributed by atoms with Crippen LogP contribution in [0.25, 0.3) is 0 Å². The van der Waals surface area contributed by atoms with Gasteiger partial charge in [0.1, 0.15) is 6.54 Å². The molecule has 0 spiro atoms. The molecule has 1 amide bonds. The van der Waals surface area contributed by atoms with E-state index < -0.39 is 0 Å². The van der Waals surface area contributed by atoms with Crippen molar-refractivity contribution in [2.45, 2.75) is 44.2 Å². The molecule has 126 valence electrons. The van der Waals surface area contributed by atoms with E-state index >= 15 is 0 Å². The van der Waals surface area contributed by atoms with Crippen molar-refractivity contribution in [3.05, 3.63) is 53.3 Å². The summed E-state index contributed by atoms with van der Waals surface area (Å²) in [5.74, 6) is 0.525. The number of piperidine rings is 1. The molecule has 1 aromatic heterocycles. The maximum atomic E-state index is 12.3.